The first-order chi connectivity index (χ1) is 25.8. The number of hydrogen-bond acceptors (Lipinski definition) is 0. The molecule has 0 radical (unpaired) electrons. The smallest absolute Gasteiger partial charge is 0.00201 e. The number of fused-ring (bicyclic) bond motifs is 13. The third-order valence-electron chi connectivity index (χ3n) is 11.8. The van der Waals surface area contributed by atoms with E-state index in [4.69, 9.17) is 0 Å². The minimum atomic E-state index is 1.25. The molecule has 11 aromatic rings. The van der Waals surface area contributed by atoms with Crippen molar-refractivity contribution < 1.29 is 0 Å². The number of benzene rings is 11. The molecule has 52 heavy (non-hydrogen) atoms. The van der Waals surface area contributed by atoms with Gasteiger partial charge in [0.25, 0.3) is 0 Å². The van der Waals surface area contributed by atoms with Crippen LogP contribution in [0, 0.1) is 0 Å². The van der Waals surface area contributed by atoms with Crippen LogP contribution in [0.1, 0.15) is 0 Å². The maximum atomic E-state index is 2.44. The summed E-state index contributed by atoms with van der Waals surface area (Å²) in [6.07, 6.45) is 0. The summed E-state index contributed by atoms with van der Waals surface area (Å²) in [7, 11) is 0. The Morgan fingerprint density at radius 2 is 0.673 bits per heavy atom. The van der Waals surface area contributed by atoms with E-state index < -0.39 is 0 Å². The molecule has 0 bridgehead atoms. The fourth-order valence-electron chi connectivity index (χ4n) is 9.44. The van der Waals surface area contributed by atoms with Crippen LogP contribution in [0.5, 0.6) is 0 Å². The fourth-order valence-corrected chi connectivity index (χ4v) is 9.44. The lowest BCUT2D eigenvalue weighted by atomic mass is 9.88. The van der Waals surface area contributed by atoms with Crippen LogP contribution in [0.2, 0.25) is 0 Å². The molecule has 238 valence electrons. The monoisotopic (exact) mass is 654 g/mol. The third-order valence-corrected chi connectivity index (χ3v) is 11.8. The lowest BCUT2D eigenvalue weighted by Gasteiger charge is -2.15. The molecule has 0 atom stereocenters. The summed E-state index contributed by atoms with van der Waals surface area (Å²) < 4.78 is 0. The summed E-state index contributed by atoms with van der Waals surface area (Å²) in [6, 6.07) is 68.1. The van der Waals surface area contributed by atoms with Crippen LogP contribution in [-0.2, 0) is 0 Å². The molecule has 1 aliphatic rings. The first kappa shape index (κ1) is 28.0. The highest BCUT2D eigenvalue weighted by molar-refractivity contribution is 6.25. The van der Waals surface area contributed by atoms with E-state index in [1.807, 2.05) is 0 Å². The van der Waals surface area contributed by atoms with E-state index in [0.717, 1.165) is 0 Å². The molecule has 0 N–H and O–H groups in total. The zero-order valence-corrected chi connectivity index (χ0v) is 28.3. The molecular weight excluding hydrogens is 625 g/mol. The van der Waals surface area contributed by atoms with Crippen LogP contribution in [0.4, 0.5) is 0 Å². The van der Waals surface area contributed by atoms with Crippen LogP contribution < -0.4 is 0 Å². The summed E-state index contributed by atoms with van der Waals surface area (Å²) in [5.41, 5.74) is 10.4. The second-order valence-corrected chi connectivity index (χ2v) is 14.4. The molecule has 0 aromatic heterocycles. The van der Waals surface area contributed by atoms with Gasteiger partial charge in [0.05, 0.1) is 0 Å². The lowest BCUT2D eigenvalue weighted by Crippen LogP contribution is -1.88. The van der Waals surface area contributed by atoms with Crippen LogP contribution in [0.3, 0.4) is 0 Å². The van der Waals surface area contributed by atoms with Gasteiger partial charge in [-0.3, -0.25) is 0 Å². The molecule has 0 saturated carbocycles. The van der Waals surface area contributed by atoms with Gasteiger partial charge >= 0.3 is 0 Å². The molecule has 0 fully saturated rings. The van der Waals surface area contributed by atoms with Crippen LogP contribution >= 0.6 is 0 Å². The molecule has 11 aromatic carbocycles. The predicted molar refractivity (Wildman–Crippen MR) is 224 cm³/mol. The highest BCUT2D eigenvalue weighted by Crippen LogP contribution is 2.52. The highest BCUT2D eigenvalue weighted by atomic mass is 14.3. The van der Waals surface area contributed by atoms with E-state index in [1.165, 1.54) is 120 Å². The zero-order chi connectivity index (χ0) is 33.9. The Balaban J connectivity index is 1.10. The van der Waals surface area contributed by atoms with Gasteiger partial charge in [-0.05, 0) is 138 Å². The van der Waals surface area contributed by atoms with E-state index >= 15 is 0 Å². The number of hydrogen-bond donors (Lipinski definition) is 0. The van der Waals surface area contributed by atoms with Gasteiger partial charge in [-0.25, -0.2) is 0 Å². The Kier molecular flexibility index (Phi) is 5.59. The van der Waals surface area contributed by atoms with Crippen LogP contribution in [0.15, 0.2) is 182 Å². The fraction of sp³-hybridized carbons (Fsp3) is 0. The Bertz CT molecular complexity index is 3340. The second kappa shape index (κ2) is 10.4. The largest absolute Gasteiger partial charge is 0.0616 e. The molecule has 1 aliphatic carbocycles. The minimum Gasteiger partial charge on any atom is -0.0616 e. The van der Waals surface area contributed by atoms with Gasteiger partial charge in [-0.2, -0.15) is 0 Å². The van der Waals surface area contributed by atoms with Gasteiger partial charge in [-0.15, -0.1) is 0 Å². The van der Waals surface area contributed by atoms with Gasteiger partial charge in [0.15, 0.2) is 0 Å². The van der Waals surface area contributed by atoms with Crippen molar-refractivity contribution in [2.75, 3.05) is 0 Å². The van der Waals surface area contributed by atoms with Crippen molar-refractivity contribution in [3.8, 4) is 44.5 Å². The second-order valence-electron chi connectivity index (χ2n) is 14.4. The average molecular weight is 655 g/mol. The van der Waals surface area contributed by atoms with Crippen molar-refractivity contribution in [3.63, 3.8) is 0 Å². The lowest BCUT2D eigenvalue weighted by molar-refractivity contribution is 1.66. The molecule has 0 unspecified atom stereocenters. The molecule has 12 rings (SSSR count). The van der Waals surface area contributed by atoms with Crippen molar-refractivity contribution in [1.29, 1.82) is 0 Å². The summed E-state index contributed by atoms with van der Waals surface area (Å²) in [5.74, 6) is 0. The summed E-state index contributed by atoms with van der Waals surface area (Å²) in [4.78, 5) is 0. The van der Waals surface area contributed by atoms with Gasteiger partial charge < -0.3 is 0 Å². The van der Waals surface area contributed by atoms with Crippen molar-refractivity contribution in [2.45, 2.75) is 0 Å². The van der Waals surface area contributed by atoms with Crippen molar-refractivity contribution >= 4 is 75.4 Å². The van der Waals surface area contributed by atoms with Gasteiger partial charge in [-0.1, -0.05) is 164 Å². The van der Waals surface area contributed by atoms with Crippen molar-refractivity contribution in [2.24, 2.45) is 0 Å². The molecule has 0 heteroatoms. The van der Waals surface area contributed by atoms with E-state index in [2.05, 4.69) is 182 Å². The third kappa shape index (κ3) is 3.76. The quantitative estimate of drug-likeness (QED) is 0.163. The number of rotatable bonds is 2. The molecule has 0 amide bonds. The molecule has 0 heterocycles. The molecule has 0 aliphatic heterocycles. The van der Waals surface area contributed by atoms with Crippen LogP contribution in [-0.4, -0.2) is 0 Å². The van der Waals surface area contributed by atoms with Crippen LogP contribution in [0.25, 0.3) is 120 Å². The molecule has 0 spiro atoms. The van der Waals surface area contributed by atoms with Gasteiger partial charge in [0.2, 0.25) is 0 Å². The standard InChI is InChI=1S/C52H30/c1-3-12-34-31(10-1)20-23-40-36-14-5-7-16-38(36)47(29-49(34)40)33-22-25-42-46-27-26-43(44-18-9-19-45(52(44)46)48(42)28-33)51-30-50-35-13-4-2-11-32(35)21-24-41(50)37-15-6-8-17-39(37)51/h1-30H. The maximum absolute atomic E-state index is 2.44. The first-order valence-corrected chi connectivity index (χ1v) is 18.2. The highest BCUT2D eigenvalue weighted by Gasteiger charge is 2.24. The van der Waals surface area contributed by atoms with E-state index in [9.17, 15) is 0 Å². The van der Waals surface area contributed by atoms with E-state index in [0.29, 0.717) is 0 Å². The van der Waals surface area contributed by atoms with Gasteiger partial charge in [0.1, 0.15) is 0 Å². The topological polar surface area (TPSA) is 0 Å². The molecule has 0 nitrogen and oxygen atoms in total. The SMILES string of the molecule is c1ccc2c(c1)ccc1c3ccccc3c(-c3ccc4c(c3)-c3cccc5c(-c6cc7c8ccccc8ccc7c7ccccc67)ccc-4c35)cc21. The van der Waals surface area contributed by atoms with E-state index in [1.54, 1.807) is 0 Å². The Morgan fingerprint density at radius 1 is 0.192 bits per heavy atom. The average Bonchev–Trinajstić information content (AvgIpc) is 3.54. The normalized spacial score (nSPS) is 12.2. The van der Waals surface area contributed by atoms with Crippen molar-refractivity contribution in [1.82, 2.24) is 0 Å². The summed E-state index contributed by atoms with van der Waals surface area (Å²) >= 11 is 0. The maximum Gasteiger partial charge on any atom is -0.00201 e. The van der Waals surface area contributed by atoms with Gasteiger partial charge in [0, 0.05) is 0 Å². The Labute approximate surface area is 300 Å². The van der Waals surface area contributed by atoms with Crippen molar-refractivity contribution in [3.05, 3.63) is 182 Å². The van der Waals surface area contributed by atoms with E-state index in [-0.39, 0.29) is 0 Å². The first-order valence-electron chi connectivity index (χ1n) is 18.2. The zero-order valence-electron chi connectivity index (χ0n) is 28.3. The molecule has 0 saturated heterocycles. The Morgan fingerprint density at radius 3 is 1.35 bits per heavy atom. The Hall–Kier alpha value is -6.76. The predicted octanol–water partition coefficient (Wildman–Crippen LogP) is 14.7. The minimum absolute atomic E-state index is 1.25. The molecular formula is C52H30. The summed E-state index contributed by atoms with van der Waals surface area (Å²) in [5, 5.41) is 18.2. The summed E-state index contributed by atoms with van der Waals surface area (Å²) in [6.45, 7) is 0.